The zero-order chi connectivity index (χ0) is 20.9. The van der Waals surface area contributed by atoms with E-state index in [9.17, 15) is 13.6 Å². The van der Waals surface area contributed by atoms with Crippen LogP contribution in [0, 0.1) is 11.6 Å². The first kappa shape index (κ1) is 20.1. The molecule has 2 aromatic carbocycles. The topological polar surface area (TPSA) is 45.9 Å². The molecule has 0 N–H and O–H groups in total. The molecule has 0 atom stereocenters. The fourth-order valence-electron chi connectivity index (χ4n) is 3.47. The molecule has 1 saturated heterocycles. The van der Waals surface area contributed by atoms with Crippen LogP contribution in [0.4, 0.5) is 14.5 Å². The molecule has 1 aliphatic rings. The lowest BCUT2D eigenvalue weighted by molar-refractivity contribution is 0.224. The molecule has 0 bridgehead atoms. The second-order valence-electron chi connectivity index (χ2n) is 7.17. The fourth-order valence-corrected chi connectivity index (χ4v) is 3.47. The van der Waals surface area contributed by atoms with Gasteiger partial charge in [0.2, 0.25) is 11.2 Å². The average molecular weight is 412 g/mol. The molecule has 0 radical (unpaired) electrons. The summed E-state index contributed by atoms with van der Waals surface area (Å²) in [6, 6.07) is 14.4. The summed E-state index contributed by atoms with van der Waals surface area (Å²) in [6.45, 7) is 3.26. The van der Waals surface area contributed by atoms with Gasteiger partial charge in [-0.25, -0.2) is 8.78 Å². The van der Waals surface area contributed by atoms with Crippen LogP contribution in [0.2, 0.25) is 0 Å². The minimum absolute atomic E-state index is 0.0468. The highest BCUT2D eigenvalue weighted by molar-refractivity contribution is 5.48. The van der Waals surface area contributed by atoms with E-state index in [2.05, 4.69) is 4.90 Å². The van der Waals surface area contributed by atoms with E-state index in [1.54, 1.807) is 30.3 Å². The predicted molar refractivity (Wildman–Crippen MR) is 110 cm³/mol. The van der Waals surface area contributed by atoms with Gasteiger partial charge in [-0.1, -0.05) is 30.3 Å². The maximum atomic E-state index is 14.0. The van der Waals surface area contributed by atoms with Crippen molar-refractivity contribution < 1.29 is 17.9 Å². The molecule has 3 aromatic rings. The lowest BCUT2D eigenvalue weighted by Gasteiger charge is -2.35. The molecule has 0 amide bonds. The highest BCUT2D eigenvalue weighted by Crippen LogP contribution is 2.21. The average Bonchev–Trinajstić information content (AvgIpc) is 2.75. The Kier molecular flexibility index (Phi) is 6.09. The number of piperazine rings is 1. The molecule has 0 saturated carbocycles. The van der Waals surface area contributed by atoms with Gasteiger partial charge >= 0.3 is 0 Å². The van der Waals surface area contributed by atoms with Crippen molar-refractivity contribution in [3.05, 3.63) is 94.0 Å². The van der Waals surface area contributed by atoms with Crippen LogP contribution in [0.5, 0.6) is 5.75 Å². The summed E-state index contributed by atoms with van der Waals surface area (Å²) in [4.78, 5) is 16.5. The lowest BCUT2D eigenvalue weighted by Crippen LogP contribution is -2.46. The zero-order valence-electron chi connectivity index (χ0n) is 16.4. The van der Waals surface area contributed by atoms with Gasteiger partial charge in [-0.15, -0.1) is 0 Å². The molecule has 5 nitrogen and oxygen atoms in total. The molecule has 2 heterocycles. The molecule has 1 fully saturated rings. The van der Waals surface area contributed by atoms with Gasteiger partial charge in [0.05, 0.1) is 12.2 Å². The molecular formula is C23H22F2N2O3. The van der Waals surface area contributed by atoms with Gasteiger partial charge in [0, 0.05) is 37.8 Å². The van der Waals surface area contributed by atoms with Gasteiger partial charge in [-0.2, -0.15) is 0 Å². The largest absolute Gasteiger partial charge is 0.482 e. The summed E-state index contributed by atoms with van der Waals surface area (Å²) in [5, 5.41) is 0. The number of anilines is 1. The predicted octanol–water partition coefficient (Wildman–Crippen LogP) is 3.82. The Morgan fingerprint density at radius 1 is 0.933 bits per heavy atom. The number of hydrogen-bond donors (Lipinski definition) is 0. The molecule has 0 aliphatic carbocycles. The van der Waals surface area contributed by atoms with E-state index < -0.39 is 0 Å². The van der Waals surface area contributed by atoms with Crippen LogP contribution in [0.25, 0.3) is 0 Å². The Hall–Kier alpha value is -3.19. The molecule has 4 rings (SSSR count). The van der Waals surface area contributed by atoms with Crippen molar-refractivity contribution in [3.8, 4) is 5.75 Å². The van der Waals surface area contributed by atoms with Crippen LogP contribution in [0.3, 0.4) is 0 Å². The molecule has 7 heteroatoms. The van der Waals surface area contributed by atoms with Gasteiger partial charge in [-0.3, -0.25) is 9.69 Å². The van der Waals surface area contributed by atoms with Crippen LogP contribution >= 0.6 is 0 Å². The van der Waals surface area contributed by atoms with Crippen LogP contribution in [-0.2, 0) is 13.2 Å². The lowest BCUT2D eigenvalue weighted by atomic mass is 10.2. The van der Waals surface area contributed by atoms with Crippen molar-refractivity contribution >= 4 is 5.69 Å². The first-order chi connectivity index (χ1) is 14.6. The summed E-state index contributed by atoms with van der Waals surface area (Å²) < 4.78 is 38.6. The Bertz CT molecular complexity index is 1060. The van der Waals surface area contributed by atoms with E-state index in [1.807, 2.05) is 11.0 Å². The normalized spacial score (nSPS) is 14.7. The summed E-state index contributed by atoms with van der Waals surface area (Å²) in [5.74, 6) is -0.0279. The van der Waals surface area contributed by atoms with Crippen LogP contribution in [-0.4, -0.2) is 31.1 Å². The third-order valence-corrected chi connectivity index (χ3v) is 5.14. The monoisotopic (exact) mass is 412 g/mol. The van der Waals surface area contributed by atoms with Crippen molar-refractivity contribution in [2.24, 2.45) is 0 Å². The van der Waals surface area contributed by atoms with Crippen molar-refractivity contribution in [2.75, 3.05) is 31.1 Å². The van der Waals surface area contributed by atoms with Crippen molar-refractivity contribution in [2.45, 2.75) is 13.2 Å². The Balaban J connectivity index is 1.32. The standard InChI is InChI=1S/C23H22F2N2O3/c24-19-6-2-1-5-17(19)15-30-23-16-29-18(13-22(23)28)14-26-9-11-27(12-10-26)21-8-4-3-7-20(21)25/h1-8,13,16H,9-12,14-15H2. The highest BCUT2D eigenvalue weighted by atomic mass is 19.1. The Morgan fingerprint density at radius 2 is 1.63 bits per heavy atom. The SMILES string of the molecule is O=c1cc(CN2CCN(c3ccccc3F)CC2)occ1OCc1ccccc1F. The van der Waals surface area contributed by atoms with Crippen LogP contribution in [0.1, 0.15) is 11.3 Å². The summed E-state index contributed by atoms with van der Waals surface area (Å²) >= 11 is 0. The van der Waals surface area contributed by atoms with E-state index in [1.165, 1.54) is 24.5 Å². The first-order valence-corrected chi connectivity index (χ1v) is 9.80. The molecule has 156 valence electrons. The first-order valence-electron chi connectivity index (χ1n) is 9.80. The number of benzene rings is 2. The van der Waals surface area contributed by atoms with Gasteiger partial charge in [0.15, 0.2) is 0 Å². The Morgan fingerprint density at radius 3 is 2.33 bits per heavy atom. The smallest absolute Gasteiger partial charge is 0.227 e. The second-order valence-corrected chi connectivity index (χ2v) is 7.17. The quantitative estimate of drug-likeness (QED) is 0.616. The number of hydrogen-bond acceptors (Lipinski definition) is 5. The van der Waals surface area contributed by atoms with E-state index in [0.29, 0.717) is 36.6 Å². The molecule has 1 aliphatic heterocycles. The summed E-state index contributed by atoms with van der Waals surface area (Å²) in [6.07, 6.45) is 1.27. The fraction of sp³-hybridized carbons (Fsp3) is 0.261. The minimum atomic E-state index is -0.381. The van der Waals surface area contributed by atoms with Crippen molar-refractivity contribution in [1.82, 2.24) is 4.90 Å². The minimum Gasteiger partial charge on any atom is -0.482 e. The number of ether oxygens (including phenoxy) is 1. The van der Waals surface area contributed by atoms with E-state index in [-0.39, 0.29) is 29.4 Å². The third kappa shape index (κ3) is 4.68. The van der Waals surface area contributed by atoms with Crippen molar-refractivity contribution in [3.63, 3.8) is 0 Å². The number of halogens is 2. The van der Waals surface area contributed by atoms with Crippen LogP contribution < -0.4 is 15.1 Å². The number of para-hydroxylation sites is 1. The summed E-state index contributed by atoms with van der Waals surface area (Å²) in [5.41, 5.74) is 0.673. The number of nitrogens with zero attached hydrogens (tertiary/aromatic N) is 2. The molecule has 30 heavy (non-hydrogen) atoms. The van der Waals surface area contributed by atoms with Gasteiger partial charge in [0.1, 0.15) is 30.3 Å². The number of rotatable bonds is 6. The summed E-state index contributed by atoms with van der Waals surface area (Å²) in [7, 11) is 0. The Labute approximate surface area is 173 Å². The highest BCUT2D eigenvalue weighted by Gasteiger charge is 2.20. The van der Waals surface area contributed by atoms with E-state index in [0.717, 1.165) is 13.1 Å². The van der Waals surface area contributed by atoms with Crippen LogP contribution in [0.15, 0.2) is 70.1 Å². The van der Waals surface area contributed by atoms with Gasteiger partial charge in [0.25, 0.3) is 0 Å². The molecule has 0 unspecified atom stereocenters. The molecule has 1 aromatic heterocycles. The maximum Gasteiger partial charge on any atom is 0.227 e. The molecular weight excluding hydrogens is 390 g/mol. The van der Waals surface area contributed by atoms with E-state index in [4.69, 9.17) is 9.15 Å². The third-order valence-electron chi connectivity index (χ3n) is 5.14. The van der Waals surface area contributed by atoms with Gasteiger partial charge < -0.3 is 14.1 Å². The zero-order valence-corrected chi connectivity index (χ0v) is 16.4. The van der Waals surface area contributed by atoms with E-state index >= 15 is 0 Å². The second kappa shape index (κ2) is 9.09. The van der Waals surface area contributed by atoms with Crippen molar-refractivity contribution in [1.29, 1.82) is 0 Å². The maximum absolute atomic E-state index is 14.0. The van der Waals surface area contributed by atoms with Gasteiger partial charge in [-0.05, 0) is 18.2 Å². The molecule has 0 spiro atoms.